The Morgan fingerprint density at radius 1 is 0.826 bits per heavy atom. The minimum Gasteiger partial charge on any atom is -0.282 e. The van der Waals surface area contributed by atoms with Crippen molar-refractivity contribution in [2.45, 2.75) is 6.54 Å². The Kier molecular flexibility index (Phi) is 4.75. The van der Waals surface area contributed by atoms with E-state index in [0.717, 1.165) is 5.56 Å². The largest absolute Gasteiger partial charge is 0.282 e. The Balaban J connectivity index is 1.82. The molecule has 0 radical (unpaired) electrons. The molecule has 2 heteroatoms. The fourth-order valence-corrected chi connectivity index (χ4v) is 2.44. The lowest BCUT2D eigenvalue weighted by Crippen LogP contribution is -2.40. The van der Waals surface area contributed by atoms with Gasteiger partial charge in [0.1, 0.15) is 0 Å². The molecule has 0 N–H and O–H groups in total. The van der Waals surface area contributed by atoms with Crippen LogP contribution in [0.2, 0.25) is 0 Å². The average molecular weight is 300 g/mol. The van der Waals surface area contributed by atoms with Gasteiger partial charge in [0.2, 0.25) is 5.78 Å². The lowest BCUT2D eigenvalue weighted by Gasteiger charge is -2.01. The van der Waals surface area contributed by atoms with E-state index in [2.05, 4.69) is 12.1 Å². The number of hydrogen-bond donors (Lipinski definition) is 0. The molecule has 0 aliphatic heterocycles. The van der Waals surface area contributed by atoms with Gasteiger partial charge < -0.3 is 0 Å². The van der Waals surface area contributed by atoms with Crippen LogP contribution in [0, 0.1) is 0 Å². The second-order valence-corrected chi connectivity index (χ2v) is 5.31. The highest BCUT2D eigenvalue weighted by molar-refractivity contribution is 6.04. The minimum absolute atomic E-state index is 0.00499. The van der Waals surface area contributed by atoms with Crippen LogP contribution in [0.15, 0.2) is 91.1 Å². The summed E-state index contributed by atoms with van der Waals surface area (Å²) in [6.07, 6.45) is 5.42. The molecule has 3 aromatic rings. The fourth-order valence-electron chi connectivity index (χ4n) is 2.44. The molecule has 3 rings (SSSR count). The monoisotopic (exact) mass is 300 g/mol. The van der Waals surface area contributed by atoms with E-state index in [-0.39, 0.29) is 5.78 Å². The van der Waals surface area contributed by atoms with E-state index in [4.69, 9.17) is 0 Å². The predicted molar refractivity (Wildman–Crippen MR) is 92.0 cm³/mol. The third kappa shape index (κ3) is 4.01. The van der Waals surface area contributed by atoms with Gasteiger partial charge in [-0.3, -0.25) is 4.79 Å². The zero-order chi connectivity index (χ0) is 15.9. The zero-order valence-corrected chi connectivity index (χ0v) is 12.8. The number of rotatable bonds is 5. The quantitative estimate of drug-likeness (QED) is 0.397. The van der Waals surface area contributed by atoms with Crippen LogP contribution in [-0.2, 0) is 6.54 Å². The molecule has 2 nitrogen and oxygen atoms in total. The maximum absolute atomic E-state index is 12.5. The van der Waals surface area contributed by atoms with Crippen LogP contribution >= 0.6 is 0 Å². The summed E-state index contributed by atoms with van der Waals surface area (Å²) in [7, 11) is 0. The Labute approximate surface area is 136 Å². The molecule has 0 bridgehead atoms. The first-order chi connectivity index (χ1) is 11.3. The van der Waals surface area contributed by atoms with Gasteiger partial charge in [0.05, 0.1) is 0 Å². The van der Waals surface area contributed by atoms with Crippen LogP contribution in [0.1, 0.15) is 21.6 Å². The molecule has 0 saturated carbocycles. The predicted octanol–water partition coefficient (Wildman–Crippen LogP) is 3.92. The van der Waals surface area contributed by atoms with Crippen LogP contribution < -0.4 is 4.57 Å². The summed E-state index contributed by atoms with van der Waals surface area (Å²) in [6, 6.07) is 25.7. The molecule has 0 aliphatic rings. The van der Waals surface area contributed by atoms with Gasteiger partial charge >= 0.3 is 0 Å². The standard InChI is InChI=1S/C21H18NO/c23-21(15-14-18-9-3-1-4-10-18)20-13-7-8-16-22(20)17-19-11-5-2-6-12-19/h1-16H,17H2/q+1. The highest BCUT2D eigenvalue weighted by atomic mass is 16.1. The van der Waals surface area contributed by atoms with Crippen molar-refractivity contribution in [2.75, 3.05) is 0 Å². The molecule has 0 spiro atoms. The first-order valence-electron chi connectivity index (χ1n) is 7.63. The number of carbonyl (C=O) groups excluding carboxylic acids is 1. The molecular formula is C21H18NO+. The average Bonchev–Trinajstić information content (AvgIpc) is 2.62. The Hall–Kier alpha value is -3.00. The molecular weight excluding hydrogens is 282 g/mol. The van der Waals surface area contributed by atoms with Crippen molar-refractivity contribution in [3.05, 3.63) is 108 Å². The van der Waals surface area contributed by atoms with Crippen molar-refractivity contribution < 1.29 is 9.36 Å². The van der Waals surface area contributed by atoms with Crippen molar-refractivity contribution in [3.63, 3.8) is 0 Å². The van der Waals surface area contributed by atoms with E-state index < -0.39 is 0 Å². The lowest BCUT2D eigenvalue weighted by molar-refractivity contribution is -0.690. The molecule has 0 unspecified atom stereocenters. The number of nitrogens with zero attached hydrogens (tertiary/aromatic N) is 1. The van der Waals surface area contributed by atoms with E-state index in [9.17, 15) is 4.79 Å². The second kappa shape index (κ2) is 7.32. The van der Waals surface area contributed by atoms with Gasteiger partial charge in [0.25, 0.3) is 5.69 Å². The van der Waals surface area contributed by atoms with Crippen LogP contribution in [0.4, 0.5) is 0 Å². The van der Waals surface area contributed by atoms with Gasteiger partial charge in [-0.25, -0.2) is 0 Å². The summed E-state index contributed by atoms with van der Waals surface area (Å²) < 4.78 is 1.98. The minimum atomic E-state index is 0.00499. The number of hydrogen-bond acceptors (Lipinski definition) is 1. The van der Waals surface area contributed by atoms with Crippen molar-refractivity contribution in [3.8, 4) is 0 Å². The van der Waals surface area contributed by atoms with Gasteiger partial charge in [-0.1, -0.05) is 66.7 Å². The number of ketones is 1. The summed E-state index contributed by atoms with van der Waals surface area (Å²) in [5.41, 5.74) is 2.87. The number of allylic oxidation sites excluding steroid dienone is 1. The fraction of sp³-hybridized carbons (Fsp3) is 0.0476. The number of pyridine rings is 1. The van der Waals surface area contributed by atoms with Crippen LogP contribution in [0.5, 0.6) is 0 Å². The molecule has 2 aromatic carbocycles. The normalized spacial score (nSPS) is 10.8. The maximum atomic E-state index is 12.5. The highest BCUT2D eigenvalue weighted by Crippen LogP contribution is 2.04. The molecule has 1 aromatic heterocycles. The molecule has 0 fully saturated rings. The molecule has 1 heterocycles. The second-order valence-electron chi connectivity index (χ2n) is 5.31. The summed E-state index contributed by atoms with van der Waals surface area (Å²) in [5.74, 6) is 0.00499. The summed E-state index contributed by atoms with van der Waals surface area (Å²) in [5, 5.41) is 0. The first kappa shape index (κ1) is 14.9. The Morgan fingerprint density at radius 2 is 1.48 bits per heavy atom. The van der Waals surface area contributed by atoms with Crippen molar-refractivity contribution in [1.82, 2.24) is 0 Å². The first-order valence-corrected chi connectivity index (χ1v) is 7.63. The molecule has 0 atom stereocenters. The van der Waals surface area contributed by atoms with Crippen molar-refractivity contribution in [1.29, 1.82) is 0 Å². The van der Waals surface area contributed by atoms with E-state index in [0.29, 0.717) is 12.2 Å². The number of benzene rings is 2. The summed E-state index contributed by atoms with van der Waals surface area (Å²) in [6.45, 7) is 0.682. The third-order valence-corrected chi connectivity index (χ3v) is 3.62. The SMILES string of the molecule is O=C(C=Cc1ccccc1)c1cccc[n+]1Cc1ccccc1. The Bertz CT molecular complexity index is 808. The summed E-state index contributed by atoms with van der Waals surface area (Å²) in [4.78, 5) is 12.5. The van der Waals surface area contributed by atoms with Gasteiger partial charge in [0, 0.05) is 17.7 Å². The van der Waals surface area contributed by atoms with Gasteiger partial charge in [0.15, 0.2) is 12.7 Å². The molecule has 0 saturated heterocycles. The van der Waals surface area contributed by atoms with Gasteiger partial charge in [-0.2, -0.15) is 4.57 Å². The van der Waals surface area contributed by atoms with Crippen molar-refractivity contribution >= 4 is 11.9 Å². The molecule has 112 valence electrons. The molecule has 23 heavy (non-hydrogen) atoms. The van der Waals surface area contributed by atoms with Gasteiger partial charge in [-0.15, -0.1) is 0 Å². The topological polar surface area (TPSA) is 20.9 Å². The smallest absolute Gasteiger partial charge is 0.253 e. The Morgan fingerprint density at radius 3 is 2.22 bits per heavy atom. The third-order valence-electron chi connectivity index (χ3n) is 3.62. The van der Waals surface area contributed by atoms with Crippen LogP contribution in [0.25, 0.3) is 6.08 Å². The van der Waals surface area contributed by atoms with Crippen LogP contribution in [-0.4, -0.2) is 5.78 Å². The maximum Gasteiger partial charge on any atom is 0.253 e. The van der Waals surface area contributed by atoms with Crippen molar-refractivity contribution in [2.24, 2.45) is 0 Å². The zero-order valence-electron chi connectivity index (χ0n) is 12.8. The highest BCUT2D eigenvalue weighted by Gasteiger charge is 2.16. The van der Waals surface area contributed by atoms with E-state index in [1.165, 1.54) is 5.56 Å². The molecule has 0 amide bonds. The number of carbonyl (C=O) groups is 1. The van der Waals surface area contributed by atoms with E-state index in [1.807, 2.05) is 83.6 Å². The molecule has 0 aliphatic carbocycles. The number of aromatic nitrogens is 1. The van der Waals surface area contributed by atoms with E-state index >= 15 is 0 Å². The summed E-state index contributed by atoms with van der Waals surface area (Å²) >= 11 is 0. The van der Waals surface area contributed by atoms with Gasteiger partial charge in [-0.05, 0) is 17.7 Å². The van der Waals surface area contributed by atoms with Crippen LogP contribution in [0.3, 0.4) is 0 Å². The van der Waals surface area contributed by atoms with E-state index in [1.54, 1.807) is 6.08 Å². The lowest BCUT2D eigenvalue weighted by atomic mass is 10.1.